The molecule has 0 spiro atoms. The van der Waals surface area contributed by atoms with Crippen molar-refractivity contribution in [2.45, 2.75) is 114 Å². The van der Waals surface area contributed by atoms with Gasteiger partial charge >= 0.3 is 0 Å². The summed E-state index contributed by atoms with van der Waals surface area (Å²) in [4.78, 5) is 0. The van der Waals surface area contributed by atoms with Crippen molar-refractivity contribution in [1.82, 2.24) is 10.6 Å². The molecule has 6 aromatic carbocycles. The summed E-state index contributed by atoms with van der Waals surface area (Å²) in [6.45, 7) is 4.99. The smallest absolute Gasteiger partial charge is 0.126 e. The summed E-state index contributed by atoms with van der Waals surface area (Å²) in [7, 11) is 0. The Morgan fingerprint density at radius 2 is 1.06 bits per heavy atom. The van der Waals surface area contributed by atoms with Crippen LogP contribution in [0.1, 0.15) is 96.1 Å². The van der Waals surface area contributed by atoms with Crippen molar-refractivity contribution < 1.29 is 27.8 Å². The molecule has 0 unspecified atom stereocenters. The highest BCUT2D eigenvalue weighted by Crippen LogP contribution is 2.32. The van der Waals surface area contributed by atoms with Crippen LogP contribution >= 0.6 is 22.6 Å². The third-order valence-electron chi connectivity index (χ3n) is 12.8. The van der Waals surface area contributed by atoms with Crippen molar-refractivity contribution in [3.8, 4) is 0 Å². The number of hydrogen-bond donors (Lipinski definition) is 8. The molecule has 6 aromatic rings. The molecule has 11 N–H and O–H groups in total. The van der Waals surface area contributed by atoms with Crippen molar-refractivity contribution in [3.05, 3.63) is 193 Å². The molecular formula is C56H67F4IN6O2. The molecule has 2 aliphatic carbocycles. The zero-order valence-electron chi connectivity index (χ0n) is 39.5. The first-order valence-corrected chi connectivity index (χ1v) is 25.1. The lowest BCUT2D eigenvalue weighted by atomic mass is 9.86. The summed E-state index contributed by atoms with van der Waals surface area (Å²) in [5.74, 6) is -2.52. The third-order valence-corrected chi connectivity index (χ3v) is 13.5. The monoisotopic (exact) mass is 1060 g/mol. The summed E-state index contributed by atoms with van der Waals surface area (Å²) in [6.07, 6.45) is 7.27. The summed E-state index contributed by atoms with van der Waals surface area (Å²) >= 11 is 2.23. The maximum Gasteiger partial charge on any atom is 0.126 e. The number of nitrogen functional groups attached to an aromatic ring is 2. The van der Waals surface area contributed by atoms with Gasteiger partial charge in [-0.3, -0.25) is 0 Å². The number of aliphatic hydroxyl groups is 2. The van der Waals surface area contributed by atoms with E-state index in [0.717, 1.165) is 74.9 Å². The Kier molecular flexibility index (Phi) is 20.3. The Hall–Kier alpha value is -5.03. The van der Waals surface area contributed by atoms with Crippen molar-refractivity contribution in [2.24, 2.45) is 5.73 Å². The van der Waals surface area contributed by atoms with E-state index in [1.807, 2.05) is 36.4 Å². The van der Waals surface area contributed by atoms with Gasteiger partial charge in [0.2, 0.25) is 0 Å². The number of benzene rings is 6. The molecule has 8 rings (SSSR count). The molecule has 0 heterocycles. The van der Waals surface area contributed by atoms with Gasteiger partial charge in [-0.25, -0.2) is 17.6 Å². The van der Waals surface area contributed by atoms with Crippen LogP contribution in [0, 0.1) is 26.8 Å². The lowest BCUT2D eigenvalue weighted by Gasteiger charge is -2.31. The van der Waals surface area contributed by atoms with Gasteiger partial charge < -0.3 is 43.4 Å². The van der Waals surface area contributed by atoms with Crippen LogP contribution in [-0.4, -0.2) is 47.6 Å². The van der Waals surface area contributed by atoms with Crippen LogP contribution in [0.3, 0.4) is 0 Å². The van der Waals surface area contributed by atoms with Gasteiger partial charge in [0.1, 0.15) is 23.3 Å². The number of aliphatic hydroxyl groups excluding tert-OH is 2. The molecule has 0 saturated heterocycles. The highest BCUT2D eigenvalue weighted by Gasteiger charge is 2.26. The molecule has 6 atom stereocenters. The largest absolute Gasteiger partial charge is 0.399 e. The Morgan fingerprint density at radius 1 is 0.580 bits per heavy atom. The molecule has 0 fully saturated rings. The fourth-order valence-electron chi connectivity index (χ4n) is 9.13. The van der Waals surface area contributed by atoms with Crippen molar-refractivity contribution in [2.75, 3.05) is 29.9 Å². The molecule has 0 aliphatic heterocycles. The standard InChI is InChI=1S/C28H33F2N3O.C22H28F2N2O.C6H6IN/c1-2-18-9-10-20-5-3-8-26(25(20)13-18)32-17-28(34)27(33-24-7-4-6-23(31)16-24)14-19-11-21(29)15-22(30)12-19;1-2-14-6-7-16-4-3-5-21(19(16)10-14)26-13-22(27)20(25)11-15-8-17(23)12-18(24)9-15;7-5-2-1-3-6(8)4-5/h4,6-7,9-13,15-16,26-28,32-34H,2-3,5,8,14,17,31H2,1H3;6-10,12,20-22,26-27H,2-5,11,13,25H2,1H3;1-4H,8H2/t26-,27-,28+;20-,21-,22+;/m00./s1. The van der Waals surface area contributed by atoms with E-state index >= 15 is 0 Å². The van der Waals surface area contributed by atoms with E-state index in [1.54, 1.807) is 12.1 Å². The second kappa shape index (κ2) is 26.3. The SMILES string of the molecule is CCc1ccc2c(c1)[C@@H](NC[C@@H](O)[C@@H](N)Cc1cc(F)cc(F)c1)CCC2.CCc1ccc2c(c1)[C@@H](NC[C@@H](O)[C@H](Cc1cc(F)cc(F)c1)Nc1cccc(N)c1)CCC2.Nc1cccc(I)c1. The first-order chi connectivity index (χ1) is 33.2. The van der Waals surface area contributed by atoms with Gasteiger partial charge in [-0.2, -0.15) is 0 Å². The molecular weight excluding hydrogens is 992 g/mol. The molecule has 13 heteroatoms. The number of anilines is 3. The number of nitrogens with one attached hydrogen (secondary N) is 3. The number of nitrogens with two attached hydrogens (primary N) is 3. The van der Waals surface area contributed by atoms with Crippen LogP contribution in [0.4, 0.5) is 34.6 Å². The first kappa shape index (κ1) is 53.3. The Labute approximate surface area is 418 Å². The highest BCUT2D eigenvalue weighted by atomic mass is 127. The maximum atomic E-state index is 13.8. The maximum absolute atomic E-state index is 13.8. The Morgan fingerprint density at radius 3 is 1.52 bits per heavy atom. The molecule has 368 valence electrons. The number of hydrogen-bond acceptors (Lipinski definition) is 8. The van der Waals surface area contributed by atoms with Crippen LogP contribution in [0.15, 0.2) is 121 Å². The van der Waals surface area contributed by atoms with Crippen molar-refractivity contribution in [1.29, 1.82) is 0 Å². The zero-order chi connectivity index (χ0) is 49.5. The van der Waals surface area contributed by atoms with Crippen molar-refractivity contribution in [3.63, 3.8) is 0 Å². The predicted octanol–water partition coefficient (Wildman–Crippen LogP) is 10.5. The van der Waals surface area contributed by atoms with E-state index in [2.05, 4.69) is 88.8 Å². The number of rotatable bonds is 16. The van der Waals surface area contributed by atoms with Gasteiger partial charge in [0.15, 0.2) is 0 Å². The Bertz CT molecular complexity index is 2530. The van der Waals surface area contributed by atoms with Crippen LogP contribution < -0.4 is 33.2 Å². The van der Waals surface area contributed by atoms with Gasteiger partial charge in [0, 0.05) is 64.0 Å². The quantitative estimate of drug-likeness (QED) is 0.0271. The number of fused-ring (bicyclic) bond motifs is 2. The lowest BCUT2D eigenvalue weighted by molar-refractivity contribution is 0.136. The minimum absolute atomic E-state index is 0.171. The molecule has 0 aromatic heterocycles. The number of halogens is 5. The molecule has 69 heavy (non-hydrogen) atoms. The minimum atomic E-state index is -0.799. The van der Waals surface area contributed by atoms with E-state index in [4.69, 9.17) is 17.2 Å². The fraction of sp³-hybridized carbons (Fsp3) is 0.357. The van der Waals surface area contributed by atoms with Crippen LogP contribution in [0.2, 0.25) is 0 Å². The molecule has 0 amide bonds. The zero-order valence-corrected chi connectivity index (χ0v) is 41.7. The highest BCUT2D eigenvalue weighted by molar-refractivity contribution is 14.1. The second-order valence-electron chi connectivity index (χ2n) is 18.2. The predicted molar refractivity (Wildman–Crippen MR) is 281 cm³/mol. The van der Waals surface area contributed by atoms with Gasteiger partial charge in [-0.05, 0) is 192 Å². The molecule has 0 radical (unpaired) electrons. The van der Waals surface area contributed by atoms with Crippen LogP contribution in [0.5, 0.6) is 0 Å². The second-order valence-corrected chi connectivity index (χ2v) is 19.4. The fourth-order valence-corrected chi connectivity index (χ4v) is 9.70. The normalized spacial score (nSPS) is 16.8. The van der Waals surface area contributed by atoms with Crippen LogP contribution in [0.25, 0.3) is 0 Å². The van der Waals surface area contributed by atoms with Gasteiger partial charge in [0.25, 0.3) is 0 Å². The van der Waals surface area contributed by atoms with E-state index in [9.17, 15) is 27.8 Å². The summed E-state index contributed by atoms with van der Waals surface area (Å²) < 4.78 is 55.4. The van der Waals surface area contributed by atoms with Crippen LogP contribution in [-0.2, 0) is 38.5 Å². The topological polar surface area (TPSA) is 155 Å². The average Bonchev–Trinajstić information content (AvgIpc) is 3.31. The summed E-state index contributed by atoms with van der Waals surface area (Å²) in [5, 5.41) is 31.9. The Balaban J connectivity index is 0.000000199. The third kappa shape index (κ3) is 16.5. The first-order valence-electron chi connectivity index (χ1n) is 24.0. The molecule has 8 nitrogen and oxygen atoms in total. The minimum Gasteiger partial charge on any atom is -0.399 e. The van der Waals surface area contributed by atoms with Gasteiger partial charge in [-0.1, -0.05) is 62.4 Å². The van der Waals surface area contributed by atoms with Crippen molar-refractivity contribution >= 4 is 39.7 Å². The summed E-state index contributed by atoms with van der Waals surface area (Å²) in [5.41, 5.74) is 28.5. The molecule has 2 aliphatic rings. The van der Waals surface area contributed by atoms with E-state index < -0.39 is 47.6 Å². The molecule has 0 bridgehead atoms. The van der Waals surface area contributed by atoms with E-state index in [1.165, 1.54) is 61.2 Å². The van der Waals surface area contributed by atoms with Gasteiger partial charge in [0.05, 0.1) is 18.2 Å². The van der Waals surface area contributed by atoms with E-state index in [0.29, 0.717) is 29.9 Å². The van der Waals surface area contributed by atoms with E-state index in [-0.39, 0.29) is 24.9 Å². The van der Waals surface area contributed by atoms with Gasteiger partial charge in [-0.15, -0.1) is 0 Å². The lowest BCUT2D eigenvalue weighted by Crippen LogP contribution is -2.44. The molecule has 0 saturated carbocycles. The average molecular weight is 1060 g/mol. The summed E-state index contributed by atoms with van der Waals surface area (Å²) in [6, 6.07) is 34.5. The number of aryl methyl sites for hydroxylation is 4.